The Morgan fingerprint density at radius 3 is 2.35 bits per heavy atom. The predicted molar refractivity (Wildman–Crippen MR) is 82.3 cm³/mol. The molecule has 2 aliphatic rings. The summed E-state index contributed by atoms with van der Waals surface area (Å²) in [6.45, 7) is 5.28. The Bertz CT molecular complexity index is 611. The molecule has 0 spiro atoms. The summed E-state index contributed by atoms with van der Waals surface area (Å²) in [6.07, 6.45) is 1.37. The number of rotatable bonds is 2. The van der Waals surface area contributed by atoms with Crippen LogP contribution in [0.4, 0.5) is 4.79 Å². The van der Waals surface area contributed by atoms with E-state index >= 15 is 0 Å². The number of ether oxygens (including phenoxy) is 2. The van der Waals surface area contributed by atoms with Crippen molar-refractivity contribution in [3.63, 3.8) is 0 Å². The molecule has 2 heterocycles. The number of hydrogen-bond donors (Lipinski definition) is 0. The van der Waals surface area contributed by atoms with Gasteiger partial charge in [-0.25, -0.2) is 18.0 Å². The van der Waals surface area contributed by atoms with Gasteiger partial charge in [-0.2, -0.15) is 4.31 Å². The van der Waals surface area contributed by atoms with Crippen molar-refractivity contribution in [1.29, 1.82) is 0 Å². The van der Waals surface area contributed by atoms with Crippen LogP contribution >= 0.6 is 0 Å². The summed E-state index contributed by atoms with van der Waals surface area (Å²) in [7, 11) is -2.24. The van der Waals surface area contributed by atoms with Gasteiger partial charge < -0.3 is 9.47 Å². The van der Waals surface area contributed by atoms with Crippen LogP contribution in [0.25, 0.3) is 0 Å². The normalized spacial score (nSPS) is 28.6. The molecule has 2 saturated heterocycles. The first-order chi connectivity index (χ1) is 10.4. The van der Waals surface area contributed by atoms with E-state index in [0.29, 0.717) is 12.8 Å². The fraction of sp³-hybridized carbons (Fsp3) is 0.857. The Morgan fingerprint density at radius 2 is 1.87 bits per heavy atom. The van der Waals surface area contributed by atoms with E-state index < -0.39 is 39.3 Å². The summed E-state index contributed by atoms with van der Waals surface area (Å²) in [4.78, 5) is 26.4. The number of sulfonamides is 1. The number of fused-ring (bicyclic) bond motifs is 2. The molecule has 2 aliphatic heterocycles. The topological polar surface area (TPSA) is 93.2 Å². The lowest BCUT2D eigenvalue weighted by Crippen LogP contribution is -2.67. The van der Waals surface area contributed by atoms with E-state index in [2.05, 4.69) is 0 Å². The molecule has 0 aliphatic carbocycles. The number of carbonyl (C=O) groups excluding carboxylic acids is 2. The first-order valence-corrected chi connectivity index (χ1v) is 9.31. The maximum Gasteiger partial charge on any atom is 0.411 e. The van der Waals surface area contributed by atoms with Crippen LogP contribution in [-0.2, 0) is 24.3 Å². The summed E-state index contributed by atoms with van der Waals surface area (Å²) in [5.74, 6) is -0.612. The molecule has 0 aromatic rings. The van der Waals surface area contributed by atoms with Gasteiger partial charge in [-0.3, -0.25) is 4.90 Å². The van der Waals surface area contributed by atoms with Gasteiger partial charge in [0.25, 0.3) is 0 Å². The number of piperazine rings is 1. The lowest BCUT2D eigenvalue weighted by Gasteiger charge is -2.46. The van der Waals surface area contributed by atoms with Crippen LogP contribution < -0.4 is 0 Å². The quantitative estimate of drug-likeness (QED) is 0.678. The zero-order valence-corrected chi connectivity index (χ0v) is 15.0. The second-order valence-electron chi connectivity index (χ2n) is 7.12. The Balaban J connectivity index is 2.40. The van der Waals surface area contributed by atoms with Crippen molar-refractivity contribution < 1.29 is 27.5 Å². The Kier molecular flexibility index (Phi) is 4.40. The van der Waals surface area contributed by atoms with Gasteiger partial charge in [-0.05, 0) is 33.6 Å². The minimum atomic E-state index is -3.47. The molecule has 0 saturated carbocycles. The first kappa shape index (κ1) is 18.0. The molecule has 2 unspecified atom stereocenters. The van der Waals surface area contributed by atoms with E-state index in [4.69, 9.17) is 9.47 Å². The van der Waals surface area contributed by atoms with Gasteiger partial charge in [-0.15, -0.1) is 0 Å². The van der Waals surface area contributed by atoms with Crippen LogP contribution in [0.5, 0.6) is 0 Å². The third-order valence-corrected chi connectivity index (χ3v) is 5.41. The van der Waals surface area contributed by atoms with E-state index in [9.17, 15) is 18.0 Å². The van der Waals surface area contributed by atoms with Crippen molar-refractivity contribution in [1.82, 2.24) is 9.21 Å². The van der Waals surface area contributed by atoms with Gasteiger partial charge in [-0.1, -0.05) is 0 Å². The number of carbonyl (C=O) groups is 2. The van der Waals surface area contributed by atoms with Crippen LogP contribution in [0.15, 0.2) is 0 Å². The van der Waals surface area contributed by atoms with Gasteiger partial charge in [0.15, 0.2) is 5.54 Å². The van der Waals surface area contributed by atoms with Crippen LogP contribution in [0.2, 0.25) is 0 Å². The average Bonchev–Trinajstić information content (AvgIpc) is 2.63. The van der Waals surface area contributed by atoms with E-state index in [1.807, 2.05) is 0 Å². The zero-order valence-electron chi connectivity index (χ0n) is 14.2. The van der Waals surface area contributed by atoms with Gasteiger partial charge in [0.2, 0.25) is 10.0 Å². The van der Waals surface area contributed by atoms with Crippen molar-refractivity contribution in [3.8, 4) is 0 Å². The maximum atomic E-state index is 12.6. The third kappa shape index (κ3) is 3.30. The standard InChI is InChI=1S/C14H24N2O6S/c1-13(2,3)22-12(18)16-10-6-7-14(16,11(17)21-4)9-15(8-10)23(5,19)20/h10H,6-9H2,1-5H3. The van der Waals surface area contributed by atoms with E-state index in [-0.39, 0.29) is 13.1 Å². The number of esters is 1. The van der Waals surface area contributed by atoms with Gasteiger partial charge in [0.05, 0.1) is 19.4 Å². The summed E-state index contributed by atoms with van der Waals surface area (Å²) in [5.41, 5.74) is -2.02. The van der Waals surface area contributed by atoms with Gasteiger partial charge in [0.1, 0.15) is 5.60 Å². The summed E-state index contributed by atoms with van der Waals surface area (Å²) >= 11 is 0. The fourth-order valence-electron chi connectivity index (χ4n) is 3.27. The first-order valence-electron chi connectivity index (χ1n) is 7.46. The molecule has 8 nitrogen and oxygen atoms in total. The third-order valence-electron chi connectivity index (χ3n) is 4.19. The summed E-state index contributed by atoms with van der Waals surface area (Å²) in [5, 5.41) is 0. The van der Waals surface area contributed by atoms with Crippen molar-refractivity contribution in [2.45, 2.75) is 50.8 Å². The second-order valence-corrected chi connectivity index (χ2v) is 9.10. The SMILES string of the molecule is COC(=O)C12CCC(CN(S(C)(=O)=O)C1)N2C(=O)OC(C)(C)C. The molecule has 1 amide bonds. The zero-order chi connectivity index (χ0) is 17.6. The summed E-state index contributed by atoms with van der Waals surface area (Å²) in [6, 6.07) is -0.396. The van der Waals surface area contributed by atoms with E-state index in [0.717, 1.165) is 6.26 Å². The molecule has 9 heteroatoms. The number of methoxy groups -OCH3 is 1. The van der Waals surface area contributed by atoms with Crippen molar-refractivity contribution in [3.05, 3.63) is 0 Å². The Labute approximate surface area is 136 Å². The summed E-state index contributed by atoms with van der Waals surface area (Å²) < 4.78 is 35.3. The van der Waals surface area contributed by atoms with Crippen molar-refractivity contribution in [2.75, 3.05) is 26.5 Å². The number of nitrogens with zero attached hydrogens (tertiary/aromatic N) is 2. The van der Waals surface area contributed by atoms with E-state index in [1.54, 1.807) is 20.8 Å². The molecule has 0 N–H and O–H groups in total. The number of hydrogen-bond acceptors (Lipinski definition) is 6. The predicted octanol–water partition coefficient (Wildman–Crippen LogP) is 0.573. The van der Waals surface area contributed by atoms with Gasteiger partial charge >= 0.3 is 12.1 Å². The molecule has 2 bridgehead atoms. The molecular weight excluding hydrogens is 324 g/mol. The number of amides is 1. The van der Waals surface area contributed by atoms with Crippen LogP contribution in [-0.4, -0.2) is 73.3 Å². The molecule has 0 radical (unpaired) electrons. The largest absolute Gasteiger partial charge is 0.467 e. The van der Waals surface area contributed by atoms with Crippen LogP contribution in [0.3, 0.4) is 0 Å². The van der Waals surface area contributed by atoms with E-state index in [1.165, 1.54) is 16.3 Å². The molecule has 23 heavy (non-hydrogen) atoms. The molecule has 0 aromatic heterocycles. The van der Waals surface area contributed by atoms with Gasteiger partial charge in [0, 0.05) is 13.1 Å². The molecule has 0 aromatic carbocycles. The molecule has 2 atom stereocenters. The Morgan fingerprint density at radius 1 is 1.26 bits per heavy atom. The lowest BCUT2D eigenvalue weighted by molar-refractivity contribution is -0.156. The second kappa shape index (κ2) is 5.62. The molecular formula is C14H24N2O6S. The van der Waals surface area contributed by atoms with Crippen molar-refractivity contribution in [2.24, 2.45) is 0 Å². The fourth-order valence-corrected chi connectivity index (χ4v) is 4.16. The maximum absolute atomic E-state index is 12.6. The highest BCUT2D eigenvalue weighted by atomic mass is 32.2. The van der Waals surface area contributed by atoms with Crippen LogP contribution in [0, 0.1) is 0 Å². The highest BCUT2D eigenvalue weighted by Gasteiger charge is 2.61. The van der Waals surface area contributed by atoms with Crippen molar-refractivity contribution >= 4 is 22.1 Å². The van der Waals surface area contributed by atoms with Crippen LogP contribution in [0.1, 0.15) is 33.6 Å². The highest BCUT2D eigenvalue weighted by Crippen LogP contribution is 2.41. The average molecular weight is 348 g/mol. The molecule has 2 rings (SSSR count). The molecule has 2 fully saturated rings. The monoisotopic (exact) mass is 348 g/mol. The molecule has 132 valence electrons. The lowest BCUT2D eigenvalue weighted by atomic mass is 9.96. The Hall–Kier alpha value is -1.35. The highest BCUT2D eigenvalue weighted by molar-refractivity contribution is 7.88. The minimum Gasteiger partial charge on any atom is -0.467 e. The minimum absolute atomic E-state index is 0.103. The smallest absolute Gasteiger partial charge is 0.411 e.